The maximum Gasteiger partial charge on any atom is 0.290 e. The maximum atomic E-state index is 12.4. The molecule has 3 aromatic rings. The van der Waals surface area contributed by atoms with Crippen molar-refractivity contribution in [1.82, 2.24) is 20.1 Å². The Labute approximate surface area is 156 Å². The Morgan fingerprint density at radius 3 is 2.73 bits per heavy atom. The van der Waals surface area contributed by atoms with Gasteiger partial charge in [0.05, 0.1) is 16.7 Å². The number of hydrogen-bond acceptors (Lipinski definition) is 5. The number of para-hydroxylation sites is 1. The number of amides is 1. The number of aromatic nitrogens is 3. The van der Waals surface area contributed by atoms with Crippen LogP contribution in [0, 0.1) is 0 Å². The third kappa shape index (κ3) is 4.56. The summed E-state index contributed by atoms with van der Waals surface area (Å²) in [6, 6.07) is 13.6. The topological polar surface area (TPSA) is 69.0 Å². The third-order valence-corrected chi connectivity index (χ3v) is 4.48. The number of thiophene rings is 1. The molecule has 0 unspecified atom stereocenters. The van der Waals surface area contributed by atoms with E-state index in [1.165, 1.54) is 0 Å². The molecule has 1 aromatic carbocycles. The number of carbonyl (C=O) groups excluding carboxylic acids is 1. The molecule has 0 aliphatic rings. The van der Waals surface area contributed by atoms with Crippen molar-refractivity contribution in [2.45, 2.75) is 26.4 Å². The number of hydrogen-bond donors (Lipinski definition) is 1. The lowest BCUT2D eigenvalue weighted by molar-refractivity contribution is 0.0756. The number of ether oxygens (including phenoxy) is 1. The van der Waals surface area contributed by atoms with Crippen molar-refractivity contribution < 1.29 is 9.53 Å². The van der Waals surface area contributed by atoms with Crippen LogP contribution >= 0.6 is 11.3 Å². The molecular weight excluding hydrogens is 348 g/mol. The summed E-state index contributed by atoms with van der Waals surface area (Å²) >= 11 is 1.57. The fourth-order valence-electron chi connectivity index (χ4n) is 2.39. The van der Waals surface area contributed by atoms with Crippen LogP contribution in [0.25, 0.3) is 16.4 Å². The SMILES string of the molecule is CC(C)OCCCNC(=O)c1nc(-c2cccs2)n(-c2ccccc2)n1. The molecule has 0 saturated carbocycles. The van der Waals surface area contributed by atoms with E-state index in [1.807, 2.05) is 61.7 Å². The van der Waals surface area contributed by atoms with Crippen molar-refractivity contribution in [3.8, 4) is 16.4 Å². The smallest absolute Gasteiger partial charge is 0.290 e. The van der Waals surface area contributed by atoms with Crippen molar-refractivity contribution >= 4 is 17.2 Å². The molecule has 0 saturated heterocycles. The van der Waals surface area contributed by atoms with Gasteiger partial charge in [-0.1, -0.05) is 24.3 Å². The number of nitrogens with zero attached hydrogens (tertiary/aromatic N) is 3. The average Bonchev–Trinajstić information content (AvgIpc) is 3.31. The zero-order chi connectivity index (χ0) is 18.4. The van der Waals surface area contributed by atoms with Gasteiger partial charge in [0.15, 0.2) is 5.82 Å². The molecule has 1 N–H and O–H groups in total. The van der Waals surface area contributed by atoms with Crippen LogP contribution in [-0.4, -0.2) is 39.9 Å². The predicted molar refractivity (Wildman–Crippen MR) is 103 cm³/mol. The van der Waals surface area contributed by atoms with E-state index < -0.39 is 0 Å². The van der Waals surface area contributed by atoms with Gasteiger partial charge in [0, 0.05) is 13.2 Å². The van der Waals surface area contributed by atoms with Gasteiger partial charge in [0.25, 0.3) is 5.91 Å². The molecule has 0 spiro atoms. The quantitative estimate of drug-likeness (QED) is 0.616. The first kappa shape index (κ1) is 18.3. The van der Waals surface area contributed by atoms with Crippen LogP contribution in [0.1, 0.15) is 30.9 Å². The van der Waals surface area contributed by atoms with Gasteiger partial charge >= 0.3 is 0 Å². The first-order valence-electron chi connectivity index (χ1n) is 8.61. The summed E-state index contributed by atoms with van der Waals surface area (Å²) in [5, 5.41) is 9.27. The minimum absolute atomic E-state index is 0.169. The molecule has 0 aliphatic carbocycles. The zero-order valence-corrected chi connectivity index (χ0v) is 15.7. The summed E-state index contributed by atoms with van der Waals surface area (Å²) in [5.74, 6) is 0.559. The Morgan fingerprint density at radius 2 is 2.04 bits per heavy atom. The third-order valence-electron chi connectivity index (χ3n) is 3.61. The average molecular weight is 370 g/mol. The lowest BCUT2D eigenvalue weighted by Crippen LogP contribution is -2.26. The Hall–Kier alpha value is -2.51. The molecule has 0 fully saturated rings. The minimum Gasteiger partial charge on any atom is -0.379 e. The minimum atomic E-state index is -0.276. The van der Waals surface area contributed by atoms with E-state index in [9.17, 15) is 4.79 Å². The Bertz CT molecular complexity index is 829. The van der Waals surface area contributed by atoms with Gasteiger partial charge in [-0.2, -0.15) is 0 Å². The Kier molecular flexibility index (Phi) is 6.14. The highest BCUT2D eigenvalue weighted by atomic mass is 32.1. The second-order valence-electron chi connectivity index (χ2n) is 6.01. The highest BCUT2D eigenvalue weighted by Gasteiger charge is 2.18. The van der Waals surface area contributed by atoms with Crippen LogP contribution in [0.2, 0.25) is 0 Å². The van der Waals surface area contributed by atoms with Crippen LogP contribution < -0.4 is 5.32 Å². The fraction of sp³-hybridized carbons (Fsp3) is 0.316. The van der Waals surface area contributed by atoms with Crippen molar-refractivity contribution in [3.63, 3.8) is 0 Å². The molecule has 1 amide bonds. The molecule has 7 heteroatoms. The molecule has 0 aliphatic heterocycles. The Balaban J connectivity index is 1.75. The number of carbonyl (C=O) groups is 1. The molecule has 0 bridgehead atoms. The largest absolute Gasteiger partial charge is 0.379 e. The van der Waals surface area contributed by atoms with Crippen LogP contribution in [0.4, 0.5) is 0 Å². The summed E-state index contributed by atoms with van der Waals surface area (Å²) in [7, 11) is 0. The van der Waals surface area contributed by atoms with Crippen molar-refractivity contribution in [3.05, 3.63) is 53.7 Å². The van der Waals surface area contributed by atoms with Crippen LogP contribution in [0.15, 0.2) is 47.8 Å². The van der Waals surface area contributed by atoms with E-state index in [1.54, 1.807) is 16.0 Å². The summed E-state index contributed by atoms with van der Waals surface area (Å²) in [4.78, 5) is 17.9. The van der Waals surface area contributed by atoms with Gasteiger partial charge in [-0.15, -0.1) is 16.4 Å². The molecule has 26 heavy (non-hydrogen) atoms. The van der Waals surface area contributed by atoms with Gasteiger partial charge < -0.3 is 10.1 Å². The second-order valence-corrected chi connectivity index (χ2v) is 6.96. The lowest BCUT2D eigenvalue weighted by atomic mass is 10.3. The highest BCUT2D eigenvalue weighted by molar-refractivity contribution is 7.13. The van der Waals surface area contributed by atoms with E-state index in [0.717, 1.165) is 17.0 Å². The predicted octanol–water partition coefficient (Wildman–Crippen LogP) is 3.54. The molecule has 2 heterocycles. The van der Waals surface area contributed by atoms with Crippen LogP contribution in [0.3, 0.4) is 0 Å². The summed E-state index contributed by atoms with van der Waals surface area (Å²) < 4.78 is 7.19. The van der Waals surface area contributed by atoms with E-state index in [0.29, 0.717) is 19.0 Å². The van der Waals surface area contributed by atoms with Gasteiger partial charge in [-0.25, -0.2) is 9.67 Å². The molecule has 6 nitrogen and oxygen atoms in total. The van der Waals surface area contributed by atoms with Gasteiger partial charge in [-0.3, -0.25) is 4.79 Å². The van der Waals surface area contributed by atoms with Gasteiger partial charge in [-0.05, 0) is 43.8 Å². The molecule has 0 radical (unpaired) electrons. The molecule has 3 rings (SSSR count). The fourth-order valence-corrected chi connectivity index (χ4v) is 3.09. The number of rotatable bonds is 8. The monoisotopic (exact) mass is 370 g/mol. The summed E-state index contributed by atoms with van der Waals surface area (Å²) in [6.45, 7) is 5.12. The first-order valence-corrected chi connectivity index (χ1v) is 9.49. The first-order chi connectivity index (χ1) is 12.6. The van der Waals surface area contributed by atoms with Crippen LogP contribution in [-0.2, 0) is 4.74 Å². The summed E-state index contributed by atoms with van der Waals surface area (Å²) in [6.07, 6.45) is 0.948. The summed E-state index contributed by atoms with van der Waals surface area (Å²) in [5.41, 5.74) is 0.868. The zero-order valence-electron chi connectivity index (χ0n) is 14.9. The molecular formula is C19H22N4O2S. The highest BCUT2D eigenvalue weighted by Crippen LogP contribution is 2.25. The van der Waals surface area contributed by atoms with E-state index in [4.69, 9.17) is 4.74 Å². The molecule has 0 atom stereocenters. The second kappa shape index (κ2) is 8.73. The maximum absolute atomic E-state index is 12.4. The van der Waals surface area contributed by atoms with Crippen LogP contribution in [0.5, 0.6) is 0 Å². The van der Waals surface area contributed by atoms with Gasteiger partial charge in [0.2, 0.25) is 5.82 Å². The van der Waals surface area contributed by atoms with Crippen molar-refractivity contribution in [2.75, 3.05) is 13.2 Å². The standard InChI is InChI=1S/C19H22N4O2S/c1-14(2)25-12-7-11-20-19(24)17-21-18(16-10-6-13-26-16)23(22-17)15-8-4-3-5-9-15/h3-6,8-10,13-14H,7,11-12H2,1-2H3,(H,20,24). The number of nitrogens with one attached hydrogen (secondary N) is 1. The van der Waals surface area contributed by atoms with Gasteiger partial charge in [0.1, 0.15) is 0 Å². The van der Waals surface area contributed by atoms with E-state index in [2.05, 4.69) is 15.4 Å². The number of benzene rings is 1. The lowest BCUT2D eigenvalue weighted by Gasteiger charge is -2.07. The van der Waals surface area contributed by atoms with E-state index in [-0.39, 0.29) is 17.8 Å². The van der Waals surface area contributed by atoms with Crippen molar-refractivity contribution in [1.29, 1.82) is 0 Å². The Morgan fingerprint density at radius 1 is 1.23 bits per heavy atom. The normalized spacial score (nSPS) is 11.0. The molecule has 2 aromatic heterocycles. The molecule has 136 valence electrons. The van der Waals surface area contributed by atoms with E-state index >= 15 is 0 Å². The van der Waals surface area contributed by atoms with Crippen molar-refractivity contribution in [2.24, 2.45) is 0 Å².